The highest BCUT2D eigenvalue weighted by Crippen LogP contribution is 2.29. The van der Waals surface area contributed by atoms with Gasteiger partial charge in [-0.1, -0.05) is 74.4 Å². The Morgan fingerprint density at radius 2 is 1.56 bits per heavy atom. The van der Waals surface area contributed by atoms with Gasteiger partial charge in [-0.3, -0.25) is 0 Å². The van der Waals surface area contributed by atoms with Gasteiger partial charge in [-0.25, -0.2) is 0 Å². The Balaban J connectivity index is 2.17. The molecule has 0 amide bonds. The maximum absolute atomic E-state index is 11.3. The van der Waals surface area contributed by atoms with Crippen molar-refractivity contribution >= 4 is 57.6 Å². The molecule has 0 spiro atoms. The highest BCUT2D eigenvalue weighted by Gasteiger charge is 2.27. The van der Waals surface area contributed by atoms with Crippen LogP contribution < -0.4 is 9.88 Å². The SMILES string of the molecule is Cc1cccc(C)c1NC(=S)/C(=C(/O)c1cc(Cl)ccc1Cl)[n+]1ccc(C(C)(C)C)cc1. The van der Waals surface area contributed by atoms with Gasteiger partial charge in [-0.2, -0.15) is 4.57 Å². The van der Waals surface area contributed by atoms with Gasteiger partial charge < -0.3 is 10.4 Å². The summed E-state index contributed by atoms with van der Waals surface area (Å²) < 4.78 is 1.80. The fourth-order valence-corrected chi connectivity index (χ4v) is 4.10. The van der Waals surface area contributed by atoms with E-state index in [0.29, 0.717) is 26.3 Å². The van der Waals surface area contributed by atoms with Crippen LogP contribution in [0.15, 0.2) is 60.9 Å². The molecule has 3 nitrogen and oxygen atoms in total. The van der Waals surface area contributed by atoms with Gasteiger partial charge >= 0.3 is 0 Å². The van der Waals surface area contributed by atoms with Crippen LogP contribution in [-0.4, -0.2) is 10.1 Å². The van der Waals surface area contributed by atoms with Crippen molar-refractivity contribution in [3.05, 3.63) is 93.2 Å². The van der Waals surface area contributed by atoms with E-state index in [-0.39, 0.29) is 11.2 Å². The molecule has 0 atom stereocenters. The molecule has 0 aliphatic rings. The van der Waals surface area contributed by atoms with Crippen LogP contribution in [0.25, 0.3) is 11.5 Å². The molecular weight excluding hydrogens is 459 g/mol. The molecule has 0 aliphatic carbocycles. The predicted octanol–water partition coefficient (Wildman–Crippen LogP) is 7.52. The number of aliphatic hydroxyl groups is 1. The molecule has 1 heterocycles. The Bertz CT molecular complexity index is 1180. The molecule has 0 bridgehead atoms. The van der Waals surface area contributed by atoms with Gasteiger partial charge in [0.2, 0.25) is 5.76 Å². The van der Waals surface area contributed by atoms with E-state index in [0.717, 1.165) is 16.8 Å². The summed E-state index contributed by atoms with van der Waals surface area (Å²) in [5, 5.41) is 15.5. The van der Waals surface area contributed by atoms with Crippen LogP contribution in [-0.2, 0) is 5.41 Å². The number of rotatable bonds is 4. The average molecular weight is 486 g/mol. The lowest BCUT2D eigenvalue weighted by Crippen LogP contribution is -2.39. The zero-order valence-electron chi connectivity index (χ0n) is 18.8. The summed E-state index contributed by atoms with van der Waals surface area (Å²) >= 11 is 18.4. The van der Waals surface area contributed by atoms with Crippen molar-refractivity contribution in [2.75, 3.05) is 5.32 Å². The van der Waals surface area contributed by atoms with Crippen molar-refractivity contribution in [1.29, 1.82) is 0 Å². The largest absolute Gasteiger partial charge is 0.502 e. The van der Waals surface area contributed by atoms with Crippen LogP contribution in [0.3, 0.4) is 0 Å². The molecule has 2 N–H and O–H groups in total. The van der Waals surface area contributed by atoms with E-state index >= 15 is 0 Å². The fourth-order valence-electron chi connectivity index (χ4n) is 3.41. The Morgan fingerprint density at radius 3 is 2.12 bits per heavy atom. The number of para-hydroxylation sites is 1. The molecule has 166 valence electrons. The van der Waals surface area contributed by atoms with Crippen LogP contribution >= 0.6 is 35.4 Å². The van der Waals surface area contributed by atoms with Crippen molar-refractivity contribution in [2.45, 2.75) is 40.0 Å². The molecule has 3 aromatic rings. The zero-order chi connectivity index (χ0) is 23.6. The second kappa shape index (κ2) is 9.62. The number of aromatic nitrogens is 1. The second-order valence-electron chi connectivity index (χ2n) is 8.79. The number of aliphatic hydroxyl groups excluding tert-OH is 1. The van der Waals surface area contributed by atoms with Crippen molar-refractivity contribution < 1.29 is 9.67 Å². The van der Waals surface area contributed by atoms with Gasteiger partial charge in [-0.15, -0.1) is 0 Å². The van der Waals surface area contributed by atoms with Crippen LogP contribution in [0, 0.1) is 13.8 Å². The number of nitrogens with zero attached hydrogens (tertiary/aromatic N) is 1. The summed E-state index contributed by atoms with van der Waals surface area (Å²) in [5.74, 6) is -0.0604. The van der Waals surface area contributed by atoms with E-state index in [1.807, 2.05) is 56.6 Å². The van der Waals surface area contributed by atoms with E-state index in [9.17, 15) is 5.11 Å². The third-order valence-electron chi connectivity index (χ3n) is 5.30. The van der Waals surface area contributed by atoms with Crippen LogP contribution in [0.4, 0.5) is 5.69 Å². The van der Waals surface area contributed by atoms with E-state index in [4.69, 9.17) is 35.4 Å². The Morgan fingerprint density at radius 1 is 0.969 bits per heavy atom. The first kappa shape index (κ1) is 24.2. The van der Waals surface area contributed by atoms with Gasteiger partial charge in [0.1, 0.15) is 0 Å². The maximum Gasteiger partial charge on any atom is 0.288 e. The first-order valence-electron chi connectivity index (χ1n) is 10.3. The van der Waals surface area contributed by atoms with Crippen molar-refractivity contribution in [1.82, 2.24) is 0 Å². The van der Waals surface area contributed by atoms with Crippen LogP contribution in [0.1, 0.15) is 43.0 Å². The summed E-state index contributed by atoms with van der Waals surface area (Å²) in [6, 6.07) is 15.0. The smallest absolute Gasteiger partial charge is 0.288 e. The number of hydrogen-bond acceptors (Lipinski definition) is 2. The first-order chi connectivity index (χ1) is 15.0. The number of hydrogen-bond donors (Lipinski definition) is 2. The van der Waals surface area contributed by atoms with Gasteiger partial charge in [0.05, 0.1) is 5.02 Å². The maximum atomic E-state index is 11.3. The summed E-state index contributed by atoms with van der Waals surface area (Å²) in [4.78, 5) is 0.365. The van der Waals surface area contributed by atoms with Crippen LogP contribution in [0.2, 0.25) is 10.0 Å². The molecule has 0 saturated carbocycles. The topological polar surface area (TPSA) is 36.1 Å². The summed E-state index contributed by atoms with van der Waals surface area (Å²) in [5.41, 5.74) is 5.01. The Kier molecular flexibility index (Phi) is 7.29. The monoisotopic (exact) mass is 485 g/mol. The van der Waals surface area contributed by atoms with E-state index in [2.05, 4.69) is 26.1 Å². The molecule has 32 heavy (non-hydrogen) atoms. The number of thiocarbonyl (C=S) groups is 1. The molecule has 0 fully saturated rings. The van der Waals surface area contributed by atoms with Gasteiger partial charge in [0.25, 0.3) is 5.70 Å². The Labute approximate surface area is 205 Å². The summed E-state index contributed by atoms with van der Waals surface area (Å²) in [6.07, 6.45) is 3.78. The lowest BCUT2D eigenvalue weighted by molar-refractivity contribution is -0.575. The van der Waals surface area contributed by atoms with Crippen molar-refractivity contribution in [2.24, 2.45) is 0 Å². The van der Waals surface area contributed by atoms with E-state index in [1.165, 1.54) is 5.56 Å². The van der Waals surface area contributed by atoms with Gasteiger partial charge in [0, 0.05) is 28.4 Å². The first-order valence-corrected chi connectivity index (χ1v) is 11.4. The minimum absolute atomic E-state index is 0.00169. The number of aryl methyl sites for hydroxylation is 2. The lowest BCUT2D eigenvalue weighted by Gasteiger charge is -2.18. The summed E-state index contributed by atoms with van der Waals surface area (Å²) in [7, 11) is 0. The highest BCUT2D eigenvalue weighted by molar-refractivity contribution is 7.81. The third kappa shape index (κ3) is 5.32. The van der Waals surface area contributed by atoms with Gasteiger partial charge in [0.15, 0.2) is 17.4 Å². The molecule has 0 unspecified atom stereocenters. The lowest BCUT2D eigenvalue weighted by atomic mass is 9.88. The number of benzene rings is 2. The van der Waals surface area contributed by atoms with Crippen molar-refractivity contribution in [3.63, 3.8) is 0 Å². The number of pyridine rings is 1. The number of halogens is 2. The third-order valence-corrected chi connectivity index (χ3v) is 6.16. The molecule has 0 radical (unpaired) electrons. The molecule has 2 aromatic carbocycles. The molecule has 3 rings (SSSR count). The van der Waals surface area contributed by atoms with Crippen molar-refractivity contribution in [3.8, 4) is 0 Å². The second-order valence-corrected chi connectivity index (χ2v) is 10.0. The standard InChI is InChI=1S/C26H26Cl2N2OS/c1-16-7-6-8-17(2)22(16)29-25(32)23(24(31)20-15-19(27)9-10-21(20)28)30-13-11-18(12-14-30)26(3,4)5/h6-15H,1-5H3,(H-,29,31,32)/p+1. The van der Waals surface area contributed by atoms with E-state index < -0.39 is 0 Å². The quantitative estimate of drug-likeness (QED) is 0.173. The van der Waals surface area contributed by atoms with Crippen LogP contribution in [0.5, 0.6) is 0 Å². The molecular formula is C26H27Cl2N2OS+. The molecule has 6 heteroatoms. The number of nitrogens with one attached hydrogen (secondary N) is 1. The minimum Gasteiger partial charge on any atom is -0.502 e. The highest BCUT2D eigenvalue weighted by atomic mass is 35.5. The fraction of sp³-hybridized carbons (Fsp3) is 0.231. The van der Waals surface area contributed by atoms with E-state index in [1.54, 1.807) is 22.8 Å². The predicted molar refractivity (Wildman–Crippen MR) is 140 cm³/mol. The summed E-state index contributed by atoms with van der Waals surface area (Å²) in [6.45, 7) is 10.5. The Hall–Kier alpha value is -2.40. The average Bonchev–Trinajstić information content (AvgIpc) is 2.72. The molecule has 0 aliphatic heterocycles. The zero-order valence-corrected chi connectivity index (χ0v) is 21.2. The molecule has 0 saturated heterocycles. The number of anilines is 1. The molecule has 1 aromatic heterocycles. The normalized spacial score (nSPS) is 12.3. The van der Waals surface area contributed by atoms with Gasteiger partial charge in [-0.05, 0) is 54.2 Å². The minimum atomic E-state index is -0.0604.